The Hall–Kier alpha value is -3.68. The number of carbonyl (C=O) groups excluding carboxylic acids is 2. The second kappa shape index (κ2) is 8.03. The number of aromatic nitrogens is 2. The molecule has 1 aromatic heterocycles. The molecule has 2 N–H and O–H groups in total. The molecule has 2 aliphatic heterocycles. The van der Waals surface area contributed by atoms with E-state index in [2.05, 4.69) is 20.6 Å². The van der Waals surface area contributed by atoms with Crippen LogP contribution in [0.3, 0.4) is 0 Å². The average molecular weight is 448 g/mol. The molecule has 0 aliphatic carbocycles. The molecule has 0 unspecified atom stereocenters. The lowest BCUT2D eigenvalue weighted by Gasteiger charge is -2.25. The third kappa shape index (κ3) is 3.46. The molecule has 1 fully saturated rings. The highest BCUT2D eigenvalue weighted by molar-refractivity contribution is 5.99. The van der Waals surface area contributed by atoms with E-state index in [1.54, 1.807) is 0 Å². The van der Waals surface area contributed by atoms with Crippen molar-refractivity contribution in [2.75, 3.05) is 6.54 Å². The van der Waals surface area contributed by atoms with Crippen molar-refractivity contribution in [3.8, 4) is 11.4 Å². The Labute approximate surface area is 189 Å². The van der Waals surface area contributed by atoms with Gasteiger partial charge in [0, 0.05) is 13.0 Å². The maximum atomic E-state index is 14.4. The first-order valence-corrected chi connectivity index (χ1v) is 10.9. The summed E-state index contributed by atoms with van der Waals surface area (Å²) in [5.74, 6) is -1.87. The fraction of sp³-hybridized carbons (Fsp3) is 0.280. The van der Waals surface area contributed by atoms with Crippen LogP contribution in [0.2, 0.25) is 0 Å². The minimum atomic E-state index is -0.762. The van der Waals surface area contributed by atoms with E-state index < -0.39 is 17.0 Å². The number of carbonyl (C=O) groups is 2. The zero-order valence-electron chi connectivity index (χ0n) is 18.0. The van der Waals surface area contributed by atoms with E-state index in [9.17, 15) is 18.4 Å². The van der Waals surface area contributed by atoms with E-state index in [-0.39, 0.29) is 36.2 Å². The second-order valence-electron chi connectivity index (χ2n) is 8.41. The van der Waals surface area contributed by atoms with E-state index in [4.69, 9.17) is 0 Å². The van der Waals surface area contributed by atoms with Crippen molar-refractivity contribution in [3.63, 3.8) is 0 Å². The number of hydrogen-bond acceptors (Lipinski definition) is 4. The molecule has 3 aromatic rings. The van der Waals surface area contributed by atoms with Gasteiger partial charge in [-0.1, -0.05) is 37.3 Å². The highest BCUT2D eigenvalue weighted by atomic mass is 19.1. The number of halogens is 2. The highest BCUT2D eigenvalue weighted by Crippen LogP contribution is 2.35. The van der Waals surface area contributed by atoms with Gasteiger partial charge in [0.25, 0.3) is 5.91 Å². The van der Waals surface area contributed by atoms with Gasteiger partial charge in [-0.15, -0.1) is 0 Å². The van der Waals surface area contributed by atoms with E-state index in [0.717, 1.165) is 29.7 Å². The first kappa shape index (κ1) is 21.2. The summed E-state index contributed by atoms with van der Waals surface area (Å²) in [5, 5.41) is 5.63. The zero-order valence-corrected chi connectivity index (χ0v) is 18.0. The molecule has 6 nitrogen and oxygen atoms in total. The Bertz CT molecular complexity index is 1260. The summed E-state index contributed by atoms with van der Waals surface area (Å²) in [7, 11) is 0. The molecule has 2 amide bonds. The predicted molar refractivity (Wildman–Crippen MR) is 117 cm³/mol. The number of nitrogens with zero attached hydrogens (tertiary/aromatic N) is 2. The van der Waals surface area contributed by atoms with Crippen molar-refractivity contribution >= 4 is 11.8 Å². The number of hydrogen-bond donors (Lipinski definition) is 2. The van der Waals surface area contributed by atoms with Gasteiger partial charge in [0.1, 0.15) is 11.6 Å². The van der Waals surface area contributed by atoms with Crippen LogP contribution in [0.4, 0.5) is 8.78 Å². The van der Waals surface area contributed by atoms with Gasteiger partial charge in [0.05, 0.1) is 34.5 Å². The molecular weight excluding hydrogens is 426 g/mol. The molecule has 1 atom stereocenters. The van der Waals surface area contributed by atoms with E-state index in [0.29, 0.717) is 29.9 Å². The first-order chi connectivity index (χ1) is 15.9. The summed E-state index contributed by atoms with van der Waals surface area (Å²) in [4.78, 5) is 33.6. The fourth-order valence-electron chi connectivity index (χ4n) is 4.78. The van der Waals surface area contributed by atoms with Gasteiger partial charge in [0.2, 0.25) is 5.91 Å². The zero-order chi connectivity index (χ0) is 23.2. The third-order valence-corrected chi connectivity index (χ3v) is 6.64. The summed E-state index contributed by atoms with van der Waals surface area (Å²) in [5.41, 5.74) is 2.15. The Morgan fingerprint density at radius 1 is 0.970 bits per heavy atom. The van der Waals surface area contributed by atoms with E-state index in [1.165, 1.54) is 6.07 Å². The minimum absolute atomic E-state index is 0.0413. The van der Waals surface area contributed by atoms with Crippen LogP contribution < -0.4 is 10.6 Å². The van der Waals surface area contributed by atoms with Crippen molar-refractivity contribution in [1.29, 1.82) is 0 Å². The molecule has 168 valence electrons. The van der Waals surface area contributed by atoms with Crippen molar-refractivity contribution < 1.29 is 18.4 Å². The Balaban J connectivity index is 1.53. The van der Waals surface area contributed by atoms with Crippen LogP contribution in [0.15, 0.2) is 42.5 Å². The quantitative estimate of drug-likeness (QED) is 0.627. The molecule has 0 bridgehead atoms. The monoisotopic (exact) mass is 448 g/mol. The lowest BCUT2D eigenvalue weighted by molar-refractivity contribution is -0.124. The maximum Gasteiger partial charge on any atom is 0.255 e. The fourth-order valence-corrected chi connectivity index (χ4v) is 4.78. The van der Waals surface area contributed by atoms with Crippen molar-refractivity contribution in [2.24, 2.45) is 0 Å². The lowest BCUT2D eigenvalue weighted by Crippen LogP contribution is -2.34. The van der Waals surface area contributed by atoms with Crippen molar-refractivity contribution in [2.45, 2.75) is 38.1 Å². The molecule has 5 rings (SSSR count). The predicted octanol–water partition coefficient (Wildman–Crippen LogP) is 3.42. The maximum absolute atomic E-state index is 14.4. The van der Waals surface area contributed by atoms with Crippen LogP contribution in [-0.4, -0.2) is 28.3 Å². The van der Waals surface area contributed by atoms with Crippen molar-refractivity contribution in [3.05, 3.63) is 82.2 Å². The topological polar surface area (TPSA) is 84.0 Å². The van der Waals surface area contributed by atoms with Gasteiger partial charge in [0.15, 0.2) is 5.82 Å². The standard InChI is InChI=1S/C25H22F2N4O2/c1-2-25(10-11-28-24(25)33)15-8-6-14(7-9-15)12-18-21-19(13-29-23(21)32)31-22(30-18)20-16(26)4-3-5-17(20)27/h3-9H,2,10-13H2,1H3,(H,28,33)(H,29,32)/t25-/m1/s1. The van der Waals surface area contributed by atoms with Crippen LogP contribution in [0.5, 0.6) is 0 Å². The van der Waals surface area contributed by atoms with Gasteiger partial charge in [-0.3, -0.25) is 9.59 Å². The van der Waals surface area contributed by atoms with Gasteiger partial charge >= 0.3 is 0 Å². The average Bonchev–Trinajstić information content (AvgIpc) is 3.37. The third-order valence-electron chi connectivity index (χ3n) is 6.64. The van der Waals surface area contributed by atoms with Crippen LogP contribution >= 0.6 is 0 Å². The lowest BCUT2D eigenvalue weighted by atomic mass is 9.76. The van der Waals surface area contributed by atoms with Crippen LogP contribution in [0.25, 0.3) is 11.4 Å². The Morgan fingerprint density at radius 3 is 2.33 bits per heavy atom. The highest BCUT2D eigenvalue weighted by Gasteiger charge is 2.42. The smallest absolute Gasteiger partial charge is 0.255 e. The van der Waals surface area contributed by atoms with Crippen LogP contribution in [-0.2, 0) is 23.2 Å². The van der Waals surface area contributed by atoms with Gasteiger partial charge < -0.3 is 10.6 Å². The van der Waals surface area contributed by atoms with Gasteiger partial charge in [-0.25, -0.2) is 18.7 Å². The molecule has 2 aliphatic rings. The summed E-state index contributed by atoms with van der Waals surface area (Å²) in [6, 6.07) is 11.3. The minimum Gasteiger partial charge on any atom is -0.355 e. The number of benzene rings is 2. The van der Waals surface area contributed by atoms with E-state index >= 15 is 0 Å². The molecule has 0 spiro atoms. The summed E-state index contributed by atoms with van der Waals surface area (Å²) in [6.45, 7) is 2.84. The van der Waals surface area contributed by atoms with Crippen molar-refractivity contribution in [1.82, 2.24) is 20.6 Å². The summed E-state index contributed by atoms with van der Waals surface area (Å²) < 4.78 is 28.8. The van der Waals surface area contributed by atoms with Gasteiger partial charge in [-0.2, -0.15) is 0 Å². The molecule has 8 heteroatoms. The normalized spacial score (nSPS) is 19.4. The molecule has 1 saturated heterocycles. The molecule has 0 radical (unpaired) electrons. The Morgan fingerprint density at radius 2 is 1.70 bits per heavy atom. The molecule has 0 saturated carbocycles. The largest absolute Gasteiger partial charge is 0.355 e. The molecular formula is C25H22F2N4O2. The number of rotatable bonds is 5. The Kier molecular flexibility index (Phi) is 5.15. The number of nitrogens with one attached hydrogen (secondary N) is 2. The summed E-state index contributed by atoms with van der Waals surface area (Å²) in [6.07, 6.45) is 1.74. The number of fused-ring (bicyclic) bond motifs is 1. The molecule has 3 heterocycles. The SMILES string of the molecule is CC[C@]1(c2ccc(Cc3nc(-c4c(F)cccc4F)nc4c3C(=O)NC4)cc2)CCNC1=O. The molecule has 33 heavy (non-hydrogen) atoms. The second-order valence-corrected chi connectivity index (χ2v) is 8.41. The first-order valence-electron chi connectivity index (χ1n) is 10.9. The van der Waals surface area contributed by atoms with Crippen LogP contribution in [0, 0.1) is 11.6 Å². The molecule has 2 aromatic carbocycles. The summed E-state index contributed by atoms with van der Waals surface area (Å²) >= 11 is 0. The van der Waals surface area contributed by atoms with Gasteiger partial charge in [-0.05, 0) is 36.1 Å². The number of amides is 2. The van der Waals surface area contributed by atoms with E-state index in [1.807, 2.05) is 31.2 Å². The van der Waals surface area contributed by atoms with Crippen LogP contribution in [0.1, 0.15) is 52.6 Å².